The average Bonchev–Trinajstić information content (AvgIpc) is 2.76. The van der Waals surface area contributed by atoms with Crippen molar-refractivity contribution in [1.29, 1.82) is 0 Å². The predicted molar refractivity (Wildman–Crippen MR) is 118 cm³/mol. The van der Waals surface area contributed by atoms with E-state index in [1.54, 1.807) is 37.3 Å². The van der Waals surface area contributed by atoms with Crippen LogP contribution >= 0.6 is 11.6 Å². The van der Waals surface area contributed by atoms with Crippen molar-refractivity contribution in [2.24, 2.45) is 0 Å². The van der Waals surface area contributed by atoms with Crippen LogP contribution in [0.3, 0.4) is 0 Å². The lowest BCUT2D eigenvalue weighted by Gasteiger charge is -2.13. The largest absolute Gasteiger partial charge is 0.433 e. The maximum absolute atomic E-state index is 15.2. The van der Waals surface area contributed by atoms with E-state index in [9.17, 15) is 18.0 Å². The van der Waals surface area contributed by atoms with Crippen molar-refractivity contribution < 1.29 is 17.6 Å². The molecule has 1 aromatic carbocycles. The van der Waals surface area contributed by atoms with Crippen LogP contribution in [-0.4, -0.2) is 19.7 Å². The van der Waals surface area contributed by atoms with Gasteiger partial charge in [0.15, 0.2) is 11.5 Å². The van der Waals surface area contributed by atoms with Gasteiger partial charge in [-0.1, -0.05) is 11.6 Å². The Kier molecular flexibility index (Phi) is 5.75. The first kappa shape index (κ1) is 22.6. The number of nitrogens with zero attached hydrogens (tertiary/aromatic N) is 4. The van der Waals surface area contributed by atoms with E-state index in [-0.39, 0.29) is 11.1 Å². The number of fused-ring (bicyclic) bond motifs is 1. The van der Waals surface area contributed by atoms with Gasteiger partial charge in [0.1, 0.15) is 11.2 Å². The van der Waals surface area contributed by atoms with E-state index in [0.29, 0.717) is 28.0 Å². The lowest BCUT2D eigenvalue weighted by molar-refractivity contribution is -0.141. The summed E-state index contributed by atoms with van der Waals surface area (Å²) in [5.41, 5.74) is -0.469. The molecule has 3 aromatic heterocycles. The molecule has 0 N–H and O–H groups in total. The van der Waals surface area contributed by atoms with Gasteiger partial charge < -0.3 is 0 Å². The fraction of sp³-hybridized carbons (Fsp3) is 0.130. The third-order valence-corrected chi connectivity index (χ3v) is 5.22. The van der Waals surface area contributed by atoms with E-state index in [2.05, 4.69) is 15.1 Å². The van der Waals surface area contributed by atoms with Crippen LogP contribution in [0.25, 0.3) is 28.6 Å². The van der Waals surface area contributed by atoms with E-state index in [0.717, 1.165) is 17.8 Å². The van der Waals surface area contributed by atoms with Crippen molar-refractivity contribution >= 4 is 34.5 Å². The molecule has 0 amide bonds. The Hall–Kier alpha value is -3.59. The normalized spacial score (nSPS) is 12.4. The minimum absolute atomic E-state index is 0.0210. The smallest absolute Gasteiger partial charge is 0.285 e. The minimum atomic E-state index is -4.69. The molecule has 0 spiro atoms. The molecule has 33 heavy (non-hydrogen) atoms. The van der Waals surface area contributed by atoms with Crippen LogP contribution in [0, 0.1) is 13.8 Å². The number of halogens is 5. The summed E-state index contributed by atoms with van der Waals surface area (Å²) < 4.78 is 55.4. The Bertz CT molecular complexity index is 1460. The van der Waals surface area contributed by atoms with E-state index in [1.807, 2.05) is 6.92 Å². The molecule has 5 nitrogen and oxygen atoms in total. The minimum Gasteiger partial charge on any atom is -0.285 e. The number of hydrogen-bond acceptors (Lipinski definition) is 4. The van der Waals surface area contributed by atoms with Crippen LogP contribution in [0.5, 0.6) is 0 Å². The second-order valence-electron chi connectivity index (χ2n) is 7.29. The van der Waals surface area contributed by atoms with E-state index < -0.39 is 28.8 Å². The monoisotopic (exact) mass is 474 g/mol. The summed E-state index contributed by atoms with van der Waals surface area (Å²) in [5, 5.41) is 4.65. The number of rotatable bonds is 3. The van der Waals surface area contributed by atoms with Gasteiger partial charge in [0.2, 0.25) is 5.43 Å². The average molecular weight is 475 g/mol. The zero-order valence-corrected chi connectivity index (χ0v) is 18.0. The molecule has 0 aliphatic carbocycles. The lowest BCUT2D eigenvalue weighted by atomic mass is 10.1. The van der Waals surface area contributed by atoms with Crippen molar-refractivity contribution in [1.82, 2.24) is 19.7 Å². The molecule has 0 aliphatic rings. The van der Waals surface area contributed by atoms with E-state index in [1.165, 1.54) is 10.7 Å². The molecule has 3 heterocycles. The van der Waals surface area contributed by atoms with Crippen LogP contribution in [0.15, 0.2) is 53.5 Å². The van der Waals surface area contributed by atoms with Crippen LogP contribution < -0.4 is 5.43 Å². The van der Waals surface area contributed by atoms with Gasteiger partial charge in [0, 0.05) is 16.9 Å². The van der Waals surface area contributed by atoms with Crippen molar-refractivity contribution in [3.8, 4) is 5.69 Å². The summed E-state index contributed by atoms with van der Waals surface area (Å²) in [6.07, 6.45) is -2.97. The molecule has 0 atom stereocenters. The lowest BCUT2D eigenvalue weighted by Crippen LogP contribution is -2.19. The first-order valence-corrected chi connectivity index (χ1v) is 10.0. The molecule has 0 unspecified atom stereocenters. The predicted octanol–water partition coefficient (Wildman–Crippen LogP) is 5.93. The van der Waals surface area contributed by atoms with Crippen LogP contribution in [0.1, 0.15) is 28.2 Å². The number of benzene rings is 1. The fourth-order valence-electron chi connectivity index (χ4n) is 3.17. The highest BCUT2D eigenvalue weighted by atomic mass is 35.5. The Balaban J connectivity index is 1.95. The summed E-state index contributed by atoms with van der Waals surface area (Å²) in [7, 11) is 0. The molecule has 0 saturated heterocycles. The number of aromatic nitrogens is 4. The van der Waals surface area contributed by atoms with Crippen LogP contribution in [0.4, 0.5) is 17.6 Å². The zero-order valence-electron chi connectivity index (χ0n) is 17.3. The Morgan fingerprint density at radius 1 is 1.09 bits per heavy atom. The first-order chi connectivity index (χ1) is 15.5. The topological polar surface area (TPSA) is 60.7 Å². The van der Waals surface area contributed by atoms with Gasteiger partial charge in [-0.2, -0.15) is 18.3 Å². The summed E-state index contributed by atoms with van der Waals surface area (Å²) in [6, 6.07) is 10.1. The second kappa shape index (κ2) is 8.40. The maximum Gasteiger partial charge on any atom is 0.433 e. The number of hydrogen-bond donors (Lipinski definition) is 0. The van der Waals surface area contributed by atoms with Gasteiger partial charge in [0.05, 0.1) is 11.2 Å². The highest BCUT2D eigenvalue weighted by molar-refractivity contribution is 6.30. The van der Waals surface area contributed by atoms with Crippen LogP contribution in [-0.2, 0) is 6.18 Å². The van der Waals surface area contributed by atoms with Crippen molar-refractivity contribution in [2.45, 2.75) is 20.0 Å². The van der Waals surface area contributed by atoms with Crippen molar-refractivity contribution in [3.63, 3.8) is 0 Å². The highest BCUT2D eigenvalue weighted by Gasteiger charge is 2.32. The SMILES string of the molecule is Cc1cc2c(nc1C)c(=O)c(/C(F)=C/c1ccnc(C(F)(F)F)c1)nn2-c1ccc(Cl)cc1. The van der Waals surface area contributed by atoms with E-state index in [4.69, 9.17) is 11.6 Å². The summed E-state index contributed by atoms with van der Waals surface area (Å²) >= 11 is 5.96. The number of pyridine rings is 2. The third-order valence-electron chi connectivity index (χ3n) is 4.97. The number of alkyl halides is 3. The molecule has 0 fully saturated rings. The standard InChI is InChI=1S/C23H15ClF4N4O/c1-12-9-18-21(30-13(12)2)22(33)20(31-32(18)16-5-3-15(24)4-6-16)17(25)10-14-7-8-29-19(11-14)23(26,27)28/h3-11H,1-2H3/b17-10-. The van der Waals surface area contributed by atoms with Crippen LogP contribution in [0.2, 0.25) is 5.02 Å². The van der Waals surface area contributed by atoms with Crippen molar-refractivity contribution in [3.05, 3.63) is 92.1 Å². The molecule has 168 valence electrons. The summed E-state index contributed by atoms with van der Waals surface area (Å²) in [4.78, 5) is 20.6. The molecule has 0 aliphatic heterocycles. The fourth-order valence-corrected chi connectivity index (χ4v) is 3.30. The zero-order chi connectivity index (χ0) is 23.9. The maximum atomic E-state index is 15.2. The van der Waals surface area contributed by atoms with E-state index >= 15 is 4.39 Å². The molecular weight excluding hydrogens is 460 g/mol. The molecule has 4 aromatic rings. The summed E-state index contributed by atoms with van der Waals surface area (Å²) in [6.45, 7) is 3.53. The Morgan fingerprint density at radius 2 is 1.79 bits per heavy atom. The molecular formula is C23H15ClF4N4O. The third kappa shape index (κ3) is 4.49. The van der Waals surface area contributed by atoms with Gasteiger partial charge in [0.25, 0.3) is 0 Å². The number of aryl methyl sites for hydroxylation is 2. The highest BCUT2D eigenvalue weighted by Crippen LogP contribution is 2.29. The van der Waals surface area contributed by atoms with Gasteiger partial charge >= 0.3 is 6.18 Å². The second-order valence-corrected chi connectivity index (χ2v) is 7.73. The molecule has 0 radical (unpaired) electrons. The van der Waals surface area contributed by atoms with Gasteiger partial charge in [-0.3, -0.25) is 9.78 Å². The first-order valence-electron chi connectivity index (χ1n) is 9.62. The Labute approximate surface area is 190 Å². The molecule has 10 heteroatoms. The molecule has 0 saturated carbocycles. The van der Waals surface area contributed by atoms with Gasteiger partial charge in [-0.05, 0) is 73.5 Å². The van der Waals surface area contributed by atoms with Gasteiger partial charge in [-0.25, -0.2) is 14.1 Å². The molecule has 0 bridgehead atoms. The van der Waals surface area contributed by atoms with Gasteiger partial charge in [-0.15, -0.1) is 0 Å². The Morgan fingerprint density at radius 3 is 2.45 bits per heavy atom. The quantitative estimate of drug-likeness (QED) is 0.345. The summed E-state index contributed by atoms with van der Waals surface area (Å²) in [5.74, 6) is -1.11. The molecule has 4 rings (SSSR count). The van der Waals surface area contributed by atoms with Crippen molar-refractivity contribution in [2.75, 3.05) is 0 Å².